The fraction of sp³-hybridized carbons (Fsp3) is 0.0476. The Labute approximate surface area is 165 Å². The Morgan fingerprint density at radius 1 is 0.963 bits per heavy atom. The fourth-order valence-corrected chi connectivity index (χ4v) is 2.68. The van der Waals surface area contributed by atoms with Gasteiger partial charge in [-0.05, 0) is 23.8 Å². The molecule has 5 nitrogen and oxygen atoms in total. The van der Waals surface area contributed by atoms with Crippen molar-refractivity contribution in [3.63, 3.8) is 0 Å². The van der Waals surface area contributed by atoms with E-state index in [0.29, 0.717) is 11.1 Å². The second-order valence-electron chi connectivity index (χ2n) is 5.80. The van der Waals surface area contributed by atoms with E-state index in [1.807, 2.05) is 42.5 Å². The molecule has 1 N–H and O–H groups in total. The summed E-state index contributed by atoms with van der Waals surface area (Å²) in [5.74, 6) is -0.365. The minimum Gasteiger partial charge on any atom is -0.287 e. The number of halogens is 1. The molecule has 1 aromatic heterocycles. The molecule has 0 atom stereocenters. The van der Waals surface area contributed by atoms with Gasteiger partial charge in [0.25, 0.3) is 5.91 Å². The molecule has 0 bridgehead atoms. The van der Waals surface area contributed by atoms with Crippen LogP contribution in [0.2, 0.25) is 0 Å². The molecule has 3 rings (SSSR count). The van der Waals surface area contributed by atoms with E-state index in [9.17, 15) is 9.59 Å². The first-order valence-electron chi connectivity index (χ1n) is 8.28. The standard InChI is InChI=1S/C21H16BrN3O2/c22-19-10-8-16(9-11-19)13-23-24-21(27)18-7-4-12-25(14-18)15-20(26)17-5-2-1-3-6-17/h1-14H,15H2/p+1/b23-13+. The maximum Gasteiger partial charge on any atom is 0.277 e. The van der Waals surface area contributed by atoms with Gasteiger partial charge in [-0.2, -0.15) is 9.67 Å². The van der Waals surface area contributed by atoms with Crippen LogP contribution in [0.5, 0.6) is 0 Å². The van der Waals surface area contributed by atoms with Gasteiger partial charge >= 0.3 is 0 Å². The minimum atomic E-state index is -0.343. The Bertz CT molecular complexity index is 970. The van der Waals surface area contributed by atoms with E-state index in [-0.39, 0.29) is 18.2 Å². The van der Waals surface area contributed by atoms with Gasteiger partial charge in [0.1, 0.15) is 5.56 Å². The van der Waals surface area contributed by atoms with Crippen molar-refractivity contribution in [3.8, 4) is 0 Å². The molecule has 0 radical (unpaired) electrons. The van der Waals surface area contributed by atoms with Crippen LogP contribution in [0.3, 0.4) is 0 Å². The van der Waals surface area contributed by atoms with Crippen molar-refractivity contribution < 1.29 is 14.2 Å². The highest BCUT2D eigenvalue weighted by atomic mass is 79.9. The maximum absolute atomic E-state index is 12.3. The molecule has 0 saturated heterocycles. The maximum atomic E-state index is 12.3. The van der Waals surface area contributed by atoms with Crippen LogP contribution in [-0.4, -0.2) is 17.9 Å². The molecule has 2 aromatic carbocycles. The zero-order valence-corrected chi connectivity index (χ0v) is 16.0. The highest BCUT2D eigenvalue weighted by Gasteiger charge is 2.14. The molecule has 0 unspecified atom stereocenters. The molecule has 134 valence electrons. The summed E-state index contributed by atoms with van der Waals surface area (Å²) in [5.41, 5.74) is 4.43. The molecule has 1 amide bonds. The fourth-order valence-electron chi connectivity index (χ4n) is 2.41. The van der Waals surface area contributed by atoms with Crippen molar-refractivity contribution in [1.82, 2.24) is 5.43 Å². The summed E-state index contributed by atoms with van der Waals surface area (Å²) in [6, 6.07) is 20.0. The van der Waals surface area contributed by atoms with Gasteiger partial charge in [-0.1, -0.05) is 58.4 Å². The number of nitrogens with zero attached hydrogens (tertiary/aromatic N) is 2. The number of carbonyl (C=O) groups excluding carboxylic acids is 2. The predicted molar refractivity (Wildman–Crippen MR) is 107 cm³/mol. The molecule has 27 heavy (non-hydrogen) atoms. The van der Waals surface area contributed by atoms with Crippen molar-refractivity contribution in [1.29, 1.82) is 0 Å². The van der Waals surface area contributed by atoms with Gasteiger partial charge in [0.15, 0.2) is 12.4 Å². The Hall–Kier alpha value is -3.12. The second kappa shape index (κ2) is 9.00. The monoisotopic (exact) mass is 422 g/mol. The number of ketones is 1. The molecule has 0 aliphatic rings. The zero-order valence-electron chi connectivity index (χ0n) is 14.4. The molecule has 0 aliphatic carbocycles. The van der Waals surface area contributed by atoms with Gasteiger partial charge in [0.05, 0.1) is 6.21 Å². The molecule has 3 aromatic rings. The summed E-state index contributed by atoms with van der Waals surface area (Å²) < 4.78 is 2.66. The molecule has 0 saturated carbocycles. The SMILES string of the molecule is O=C(C[n+]1cccc(C(=O)N/N=C/c2ccc(Br)cc2)c1)c1ccccc1. The van der Waals surface area contributed by atoms with Gasteiger partial charge in [-0.3, -0.25) is 9.59 Å². The lowest BCUT2D eigenvalue weighted by Gasteiger charge is -2.01. The number of amides is 1. The van der Waals surface area contributed by atoms with Crippen LogP contribution in [0.15, 0.2) is 88.7 Å². The lowest BCUT2D eigenvalue weighted by molar-refractivity contribution is -0.683. The van der Waals surface area contributed by atoms with E-state index in [2.05, 4.69) is 26.5 Å². The molecular formula is C21H17BrN3O2+. The summed E-state index contributed by atoms with van der Waals surface area (Å²) in [6.07, 6.45) is 4.95. The molecule has 6 heteroatoms. The number of hydrogen-bond donors (Lipinski definition) is 1. The topological polar surface area (TPSA) is 62.4 Å². The number of Topliss-reactive ketones (excluding diaryl/α,β-unsaturated/α-hetero) is 1. The average molecular weight is 423 g/mol. The van der Waals surface area contributed by atoms with Gasteiger partial charge in [-0.25, -0.2) is 5.43 Å². The highest BCUT2D eigenvalue weighted by Crippen LogP contribution is 2.09. The lowest BCUT2D eigenvalue weighted by Crippen LogP contribution is -2.38. The Kier molecular flexibility index (Phi) is 6.22. The van der Waals surface area contributed by atoms with E-state index >= 15 is 0 Å². The molecular weight excluding hydrogens is 406 g/mol. The summed E-state index contributed by atoms with van der Waals surface area (Å²) in [4.78, 5) is 24.6. The Morgan fingerprint density at radius 2 is 1.67 bits per heavy atom. The quantitative estimate of drug-likeness (QED) is 0.286. The zero-order chi connectivity index (χ0) is 19.1. The third-order valence-electron chi connectivity index (χ3n) is 3.79. The normalized spacial score (nSPS) is 10.7. The Balaban J connectivity index is 1.63. The second-order valence-corrected chi connectivity index (χ2v) is 6.72. The van der Waals surface area contributed by atoms with Crippen LogP contribution >= 0.6 is 15.9 Å². The van der Waals surface area contributed by atoms with E-state index in [4.69, 9.17) is 0 Å². The van der Waals surface area contributed by atoms with Crippen LogP contribution in [-0.2, 0) is 6.54 Å². The number of rotatable bonds is 6. The first-order chi connectivity index (χ1) is 13.1. The van der Waals surface area contributed by atoms with E-state index in [1.54, 1.807) is 47.4 Å². The molecule has 0 aliphatic heterocycles. The first kappa shape index (κ1) is 18.7. The third kappa shape index (κ3) is 5.43. The lowest BCUT2D eigenvalue weighted by atomic mass is 10.1. The number of pyridine rings is 1. The predicted octanol–water partition coefficient (Wildman–Crippen LogP) is 3.38. The number of aromatic nitrogens is 1. The van der Waals surface area contributed by atoms with E-state index in [0.717, 1.165) is 10.0 Å². The van der Waals surface area contributed by atoms with E-state index in [1.165, 1.54) is 0 Å². The van der Waals surface area contributed by atoms with Crippen molar-refractivity contribution in [3.05, 3.63) is 100 Å². The number of nitrogens with one attached hydrogen (secondary N) is 1. The molecule has 1 heterocycles. The molecule has 0 fully saturated rings. The number of carbonyl (C=O) groups is 2. The first-order valence-corrected chi connectivity index (χ1v) is 9.07. The van der Waals surface area contributed by atoms with Crippen LogP contribution < -0.4 is 9.99 Å². The largest absolute Gasteiger partial charge is 0.287 e. The van der Waals surface area contributed by atoms with Crippen LogP contribution in [0, 0.1) is 0 Å². The van der Waals surface area contributed by atoms with Crippen LogP contribution in [0.25, 0.3) is 0 Å². The summed E-state index contributed by atoms with van der Waals surface area (Å²) in [6.45, 7) is 0.160. The van der Waals surface area contributed by atoms with Crippen LogP contribution in [0.1, 0.15) is 26.3 Å². The van der Waals surface area contributed by atoms with E-state index < -0.39 is 0 Å². The Morgan fingerprint density at radius 3 is 2.41 bits per heavy atom. The number of benzene rings is 2. The van der Waals surface area contributed by atoms with Crippen molar-refractivity contribution >= 4 is 33.8 Å². The summed E-state index contributed by atoms with van der Waals surface area (Å²) in [5, 5.41) is 3.97. The van der Waals surface area contributed by atoms with Crippen molar-refractivity contribution in [2.45, 2.75) is 6.54 Å². The number of hydrazone groups is 1. The number of hydrogen-bond acceptors (Lipinski definition) is 3. The highest BCUT2D eigenvalue weighted by molar-refractivity contribution is 9.10. The van der Waals surface area contributed by atoms with Gasteiger partial charge in [-0.15, -0.1) is 0 Å². The minimum absolute atomic E-state index is 0.0218. The summed E-state index contributed by atoms with van der Waals surface area (Å²) >= 11 is 3.37. The average Bonchev–Trinajstić information content (AvgIpc) is 2.70. The van der Waals surface area contributed by atoms with Crippen molar-refractivity contribution in [2.24, 2.45) is 5.10 Å². The summed E-state index contributed by atoms with van der Waals surface area (Å²) in [7, 11) is 0. The van der Waals surface area contributed by atoms with Gasteiger partial charge in [0.2, 0.25) is 12.3 Å². The third-order valence-corrected chi connectivity index (χ3v) is 4.32. The van der Waals surface area contributed by atoms with Gasteiger partial charge < -0.3 is 0 Å². The van der Waals surface area contributed by atoms with Gasteiger partial charge in [0, 0.05) is 16.1 Å². The molecule has 0 spiro atoms. The van der Waals surface area contributed by atoms with Crippen molar-refractivity contribution in [2.75, 3.05) is 0 Å². The van der Waals surface area contributed by atoms with Crippen LogP contribution in [0.4, 0.5) is 0 Å². The smallest absolute Gasteiger partial charge is 0.277 e.